The van der Waals surface area contributed by atoms with Crippen LogP contribution in [0.25, 0.3) is 0 Å². The number of anilines is 1. The summed E-state index contributed by atoms with van der Waals surface area (Å²) in [6.07, 6.45) is -4.90. The van der Waals surface area contributed by atoms with Crippen LogP contribution in [0.2, 0.25) is 15.1 Å². The predicted molar refractivity (Wildman–Crippen MR) is 157 cm³/mol. The summed E-state index contributed by atoms with van der Waals surface area (Å²) in [4.78, 5) is 27.7. The van der Waals surface area contributed by atoms with Crippen LogP contribution in [-0.4, -0.2) is 43.8 Å². The highest BCUT2D eigenvalue weighted by Gasteiger charge is 2.37. The Morgan fingerprint density at radius 1 is 0.905 bits per heavy atom. The molecule has 0 saturated carbocycles. The third-order valence-corrected chi connectivity index (χ3v) is 8.81. The van der Waals surface area contributed by atoms with Crippen LogP contribution in [0.15, 0.2) is 71.6 Å². The molecule has 14 heteroatoms. The lowest BCUT2D eigenvalue weighted by Crippen LogP contribution is -2.52. The zero-order valence-electron chi connectivity index (χ0n) is 22.6. The van der Waals surface area contributed by atoms with Gasteiger partial charge in [-0.05, 0) is 68.8 Å². The molecule has 0 bridgehead atoms. The fraction of sp³-hybridized carbons (Fsp3) is 0.286. The Hall–Kier alpha value is -2.99. The van der Waals surface area contributed by atoms with Gasteiger partial charge in [0.15, 0.2) is 0 Å². The molecule has 0 aromatic heterocycles. The fourth-order valence-electron chi connectivity index (χ4n) is 3.96. The van der Waals surface area contributed by atoms with Gasteiger partial charge in [0.25, 0.3) is 10.0 Å². The molecular formula is C28H27Cl3F3N3O4S. The topological polar surface area (TPSA) is 86.8 Å². The van der Waals surface area contributed by atoms with Crippen LogP contribution in [0.1, 0.15) is 31.9 Å². The van der Waals surface area contributed by atoms with E-state index < -0.39 is 56.9 Å². The maximum atomic E-state index is 13.9. The third kappa shape index (κ3) is 8.09. The molecule has 0 aliphatic rings. The second-order valence-corrected chi connectivity index (χ2v) is 12.7. The van der Waals surface area contributed by atoms with E-state index in [1.165, 1.54) is 43.3 Å². The Bertz CT molecular complexity index is 1550. The Kier molecular flexibility index (Phi) is 10.8. The van der Waals surface area contributed by atoms with Gasteiger partial charge in [-0.25, -0.2) is 8.42 Å². The van der Waals surface area contributed by atoms with E-state index >= 15 is 0 Å². The molecule has 3 aromatic rings. The number of halogens is 6. The van der Waals surface area contributed by atoms with E-state index in [4.69, 9.17) is 34.8 Å². The van der Waals surface area contributed by atoms with Crippen molar-refractivity contribution in [1.29, 1.82) is 0 Å². The maximum absolute atomic E-state index is 13.9. The van der Waals surface area contributed by atoms with Gasteiger partial charge >= 0.3 is 6.18 Å². The molecule has 2 amide bonds. The van der Waals surface area contributed by atoms with Crippen LogP contribution in [0.4, 0.5) is 18.9 Å². The first kappa shape index (κ1) is 33.5. The Balaban J connectivity index is 2.13. The SMILES string of the molecule is CC(C)NC(=O)[C@@H](C)N(Cc1ccc(Cl)cc1Cl)C(=O)CN(c1ccc(Cl)c(C(F)(F)F)c1)S(=O)(=O)c1ccccc1. The molecule has 0 aliphatic heterocycles. The lowest BCUT2D eigenvalue weighted by atomic mass is 10.1. The molecule has 3 rings (SSSR count). The second kappa shape index (κ2) is 13.5. The van der Waals surface area contributed by atoms with Crippen LogP contribution < -0.4 is 9.62 Å². The van der Waals surface area contributed by atoms with Crippen molar-refractivity contribution >= 4 is 62.3 Å². The lowest BCUT2D eigenvalue weighted by molar-refractivity contribution is -0.139. The summed E-state index contributed by atoms with van der Waals surface area (Å²) in [7, 11) is -4.58. The summed E-state index contributed by atoms with van der Waals surface area (Å²) in [5.74, 6) is -1.41. The van der Waals surface area contributed by atoms with Gasteiger partial charge in [-0.1, -0.05) is 59.1 Å². The first-order chi connectivity index (χ1) is 19.5. The molecular weight excluding hydrogens is 638 g/mol. The van der Waals surface area contributed by atoms with Crippen LogP contribution in [0, 0.1) is 0 Å². The van der Waals surface area contributed by atoms with Gasteiger partial charge in [0.05, 0.1) is 21.2 Å². The van der Waals surface area contributed by atoms with Crippen LogP contribution >= 0.6 is 34.8 Å². The van der Waals surface area contributed by atoms with Crippen molar-refractivity contribution in [3.63, 3.8) is 0 Å². The summed E-state index contributed by atoms with van der Waals surface area (Å²) in [5, 5.41) is 2.58. The summed E-state index contributed by atoms with van der Waals surface area (Å²) < 4.78 is 69.2. The number of amides is 2. The van der Waals surface area contributed by atoms with Crippen LogP contribution in [-0.2, 0) is 32.3 Å². The molecule has 0 heterocycles. The van der Waals surface area contributed by atoms with E-state index in [9.17, 15) is 31.2 Å². The number of nitrogens with one attached hydrogen (secondary N) is 1. The van der Waals surface area contributed by atoms with E-state index in [0.29, 0.717) is 21.0 Å². The number of sulfonamides is 1. The molecule has 42 heavy (non-hydrogen) atoms. The largest absolute Gasteiger partial charge is 0.417 e. The third-order valence-electron chi connectivity index (χ3n) is 6.11. The number of benzene rings is 3. The highest BCUT2D eigenvalue weighted by atomic mass is 35.5. The highest BCUT2D eigenvalue weighted by molar-refractivity contribution is 7.92. The van der Waals surface area contributed by atoms with Crippen LogP contribution in [0.5, 0.6) is 0 Å². The zero-order chi connectivity index (χ0) is 31.4. The Morgan fingerprint density at radius 2 is 1.55 bits per heavy atom. The molecule has 1 N–H and O–H groups in total. The van der Waals surface area contributed by atoms with Crippen molar-refractivity contribution < 1.29 is 31.2 Å². The summed E-state index contributed by atoms with van der Waals surface area (Å²) in [5.41, 5.74) is -1.33. The first-order valence-electron chi connectivity index (χ1n) is 12.5. The fourth-order valence-corrected chi connectivity index (χ4v) is 6.08. The smallest absolute Gasteiger partial charge is 0.352 e. The Labute approximate surface area is 257 Å². The highest BCUT2D eigenvalue weighted by Crippen LogP contribution is 2.38. The van der Waals surface area contributed by atoms with Crippen molar-refractivity contribution in [3.8, 4) is 0 Å². The van der Waals surface area contributed by atoms with E-state index in [0.717, 1.165) is 17.0 Å². The molecule has 226 valence electrons. The molecule has 7 nitrogen and oxygen atoms in total. The van der Waals surface area contributed by atoms with Crippen LogP contribution in [0.3, 0.4) is 0 Å². The minimum absolute atomic E-state index is 0.193. The zero-order valence-corrected chi connectivity index (χ0v) is 25.7. The lowest BCUT2D eigenvalue weighted by Gasteiger charge is -2.32. The second-order valence-electron chi connectivity index (χ2n) is 9.58. The number of nitrogens with zero attached hydrogens (tertiary/aromatic N) is 2. The molecule has 0 saturated heterocycles. The molecule has 1 atom stereocenters. The van der Waals surface area contributed by atoms with Crippen molar-refractivity contribution in [2.75, 3.05) is 10.8 Å². The molecule has 0 aliphatic carbocycles. The summed E-state index contributed by atoms with van der Waals surface area (Å²) in [6.45, 7) is 3.72. The first-order valence-corrected chi connectivity index (χ1v) is 15.1. The number of alkyl halides is 3. The standard InChI is InChI=1S/C28H27Cl3F3N3O4S/c1-17(2)35-27(39)18(3)36(15-19-9-10-20(29)13-25(19)31)26(38)16-37(42(40,41)22-7-5-4-6-8-22)21-11-12-24(30)23(14-21)28(32,33)34/h4-14,17-18H,15-16H2,1-3H3,(H,35,39)/t18-/m1/s1. The van der Waals surface area contributed by atoms with Gasteiger partial charge in [0.1, 0.15) is 12.6 Å². The van der Waals surface area contributed by atoms with Gasteiger partial charge in [0.2, 0.25) is 11.8 Å². The minimum atomic E-state index is -4.90. The molecule has 0 radical (unpaired) electrons. The number of rotatable bonds is 10. The molecule has 0 fully saturated rings. The van der Waals surface area contributed by atoms with E-state index in [1.807, 2.05) is 0 Å². The average Bonchev–Trinajstić information content (AvgIpc) is 2.90. The monoisotopic (exact) mass is 663 g/mol. The Morgan fingerprint density at radius 3 is 2.12 bits per heavy atom. The van der Waals surface area contributed by atoms with Crippen molar-refractivity contribution in [2.45, 2.75) is 50.5 Å². The van der Waals surface area contributed by atoms with Gasteiger partial charge in [0, 0.05) is 22.6 Å². The normalized spacial score (nSPS) is 12.6. The van der Waals surface area contributed by atoms with Gasteiger partial charge < -0.3 is 10.2 Å². The van der Waals surface area contributed by atoms with E-state index in [2.05, 4.69) is 5.32 Å². The van der Waals surface area contributed by atoms with Gasteiger partial charge in [-0.3, -0.25) is 13.9 Å². The van der Waals surface area contributed by atoms with E-state index in [1.54, 1.807) is 26.0 Å². The quantitative estimate of drug-likeness (QED) is 0.258. The minimum Gasteiger partial charge on any atom is -0.352 e. The van der Waals surface area contributed by atoms with Gasteiger partial charge in [-0.15, -0.1) is 0 Å². The number of carbonyl (C=O) groups excluding carboxylic acids is 2. The average molecular weight is 665 g/mol. The van der Waals surface area contributed by atoms with E-state index in [-0.39, 0.29) is 22.5 Å². The maximum Gasteiger partial charge on any atom is 0.417 e. The van der Waals surface area contributed by atoms with Crippen molar-refractivity contribution in [1.82, 2.24) is 10.2 Å². The molecule has 0 unspecified atom stereocenters. The van der Waals surface area contributed by atoms with Gasteiger partial charge in [-0.2, -0.15) is 13.2 Å². The predicted octanol–water partition coefficient (Wildman–Crippen LogP) is 6.80. The summed E-state index contributed by atoms with van der Waals surface area (Å²) >= 11 is 18.1. The number of hydrogen-bond acceptors (Lipinski definition) is 4. The van der Waals surface area contributed by atoms with Crippen molar-refractivity contribution in [3.05, 3.63) is 92.9 Å². The van der Waals surface area contributed by atoms with Crippen molar-refractivity contribution in [2.24, 2.45) is 0 Å². The number of hydrogen-bond donors (Lipinski definition) is 1. The number of carbonyl (C=O) groups is 2. The molecule has 3 aromatic carbocycles. The summed E-state index contributed by atoms with van der Waals surface area (Å²) in [6, 6.07) is 12.6. The molecule has 0 spiro atoms.